The molecule has 1 aromatic carbocycles. The molecule has 0 atom stereocenters. The van der Waals surface area contributed by atoms with E-state index in [-0.39, 0.29) is 0 Å². The molecule has 0 aliphatic heterocycles. The fourth-order valence-corrected chi connectivity index (χ4v) is 3.37. The minimum absolute atomic E-state index is 0.491. The molecule has 0 radical (unpaired) electrons. The number of nitrogens with zero attached hydrogens (tertiary/aromatic N) is 2. The highest BCUT2D eigenvalue weighted by Crippen LogP contribution is 2.32. The van der Waals surface area contributed by atoms with Gasteiger partial charge in [0.15, 0.2) is 6.20 Å². The van der Waals surface area contributed by atoms with Crippen molar-refractivity contribution in [3.8, 4) is 17.1 Å². The molecule has 118 valence electrons. The van der Waals surface area contributed by atoms with Gasteiger partial charge >= 0.3 is 0 Å². The van der Waals surface area contributed by atoms with E-state index >= 15 is 0 Å². The van der Waals surface area contributed by atoms with Crippen LogP contribution in [0.15, 0.2) is 54.7 Å². The molecule has 2 heterocycles. The summed E-state index contributed by atoms with van der Waals surface area (Å²) in [5, 5.41) is 0. The minimum Gasteiger partial charge on any atom is -0.308 e. The van der Waals surface area contributed by atoms with Crippen molar-refractivity contribution in [1.82, 2.24) is 4.57 Å². The standard InChI is InChI=1S/C21H25N2/c1-15(2)18-10-6-7-11-19(18)23-17(4)14-16(3)21(23)20-12-8-9-13-22(20)5/h6-15H,1-5H3/q+1. The lowest BCUT2D eigenvalue weighted by molar-refractivity contribution is -0.660. The third-order valence-electron chi connectivity index (χ3n) is 4.47. The Morgan fingerprint density at radius 3 is 2.35 bits per heavy atom. The summed E-state index contributed by atoms with van der Waals surface area (Å²) in [5.74, 6) is 0.491. The highest BCUT2D eigenvalue weighted by atomic mass is 15.0. The number of para-hydroxylation sites is 1. The van der Waals surface area contributed by atoms with Crippen LogP contribution in [0.1, 0.15) is 36.6 Å². The first-order chi connectivity index (χ1) is 11.0. The Kier molecular flexibility index (Phi) is 4.08. The molecule has 0 amide bonds. The van der Waals surface area contributed by atoms with Gasteiger partial charge in [-0.3, -0.25) is 0 Å². The number of pyridine rings is 1. The molecule has 2 aromatic heterocycles. The molecule has 0 spiro atoms. The summed E-state index contributed by atoms with van der Waals surface area (Å²) in [7, 11) is 2.11. The average molecular weight is 305 g/mol. The van der Waals surface area contributed by atoms with Crippen LogP contribution in [-0.2, 0) is 7.05 Å². The normalized spacial score (nSPS) is 11.2. The first kappa shape index (κ1) is 15.5. The predicted octanol–water partition coefficient (Wildman–Crippen LogP) is 4.71. The second-order valence-electron chi connectivity index (χ2n) is 6.56. The predicted molar refractivity (Wildman–Crippen MR) is 95.9 cm³/mol. The second-order valence-corrected chi connectivity index (χ2v) is 6.56. The van der Waals surface area contributed by atoms with Crippen LogP contribution in [0.25, 0.3) is 17.1 Å². The van der Waals surface area contributed by atoms with Crippen molar-refractivity contribution in [2.45, 2.75) is 33.6 Å². The molecule has 0 bridgehead atoms. The van der Waals surface area contributed by atoms with Gasteiger partial charge < -0.3 is 4.57 Å². The fraction of sp³-hybridized carbons (Fsp3) is 0.286. The first-order valence-corrected chi connectivity index (χ1v) is 8.24. The lowest BCUT2D eigenvalue weighted by Crippen LogP contribution is -2.31. The zero-order valence-corrected chi connectivity index (χ0v) is 14.7. The largest absolute Gasteiger partial charge is 0.308 e. The number of hydrogen-bond acceptors (Lipinski definition) is 0. The Morgan fingerprint density at radius 1 is 0.957 bits per heavy atom. The van der Waals surface area contributed by atoms with Gasteiger partial charge in [-0.25, -0.2) is 0 Å². The van der Waals surface area contributed by atoms with Crippen LogP contribution in [0.2, 0.25) is 0 Å². The molecular formula is C21H25N2+. The molecule has 0 aliphatic rings. The zero-order valence-electron chi connectivity index (χ0n) is 14.7. The Hall–Kier alpha value is -2.35. The SMILES string of the molecule is Cc1cc(C)n(-c2ccccc2C(C)C)c1-c1cccc[n+]1C. The van der Waals surface area contributed by atoms with Crippen molar-refractivity contribution >= 4 is 0 Å². The van der Waals surface area contributed by atoms with E-state index in [1.165, 1.54) is 33.9 Å². The highest BCUT2D eigenvalue weighted by molar-refractivity contribution is 5.64. The fourth-order valence-electron chi connectivity index (χ4n) is 3.37. The summed E-state index contributed by atoms with van der Waals surface area (Å²) in [4.78, 5) is 0. The molecule has 23 heavy (non-hydrogen) atoms. The number of aryl methyl sites for hydroxylation is 3. The van der Waals surface area contributed by atoms with E-state index in [0.29, 0.717) is 5.92 Å². The van der Waals surface area contributed by atoms with Gasteiger partial charge in [-0.2, -0.15) is 4.57 Å². The van der Waals surface area contributed by atoms with Crippen LogP contribution in [-0.4, -0.2) is 4.57 Å². The maximum Gasteiger partial charge on any atom is 0.229 e. The second kappa shape index (κ2) is 6.04. The molecule has 0 unspecified atom stereocenters. The summed E-state index contributed by atoms with van der Waals surface area (Å²) in [6.07, 6.45) is 2.11. The van der Waals surface area contributed by atoms with Gasteiger partial charge in [0.25, 0.3) is 0 Å². The summed E-state index contributed by atoms with van der Waals surface area (Å²) >= 11 is 0. The lowest BCUT2D eigenvalue weighted by Gasteiger charge is -2.17. The molecule has 0 fully saturated rings. The van der Waals surface area contributed by atoms with Gasteiger partial charge in [0.1, 0.15) is 12.7 Å². The maximum atomic E-state index is 2.40. The summed E-state index contributed by atoms with van der Waals surface area (Å²) in [5.41, 5.74) is 7.76. The topological polar surface area (TPSA) is 8.81 Å². The Labute approximate surface area is 139 Å². The molecule has 0 aliphatic carbocycles. The van der Waals surface area contributed by atoms with Crippen LogP contribution in [0.4, 0.5) is 0 Å². The summed E-state index contributed by atoms with van der Waals surface area (Å²) in [6, 6.07) is 17.4. The summed E-state index contributed by atoms with van der Waals surface area (Å²) < 4.78 is 4.59. The molecule has 0 N–H and O–H groups in total. The average Bonchev–Trinajstić information content (AvgIpc) is 2.82. The third-order valence-corrected chi connectivity index (χ3v) is 4.47. The highest BCUT2D eigenvalue weighted by Gasteiger charge is 2.21. The van der Waals surface area contributed by atoms with Gasteiger partial charge in [0.2, 0.25) is 5.69 Å². The molecule has 0 saturated heterocycles. The smallest absolute Gasteiger partial charge is 0.229 e. The van der Waals surface area contributed by atoms with Crippen molar-refractivity contribution in [3.63, 3.8) is 0 Å². The van der Waals surface area contributed by atoms with Gasteiger partial charge in [-0.1, -0.05) is 32.0 Å². The molecule has 3 aromatic rings. The maximum absolute atomic E-state index is 2.40. The zero-order chi connectivity index (χ0) is 16.6. The van der Waals surface area contributed by atoms with Crippen molar-refractivity contribution in [1.29, 1.82) is 0 Å². The van der Waals surface area contributed by atoms with E-state index in [2.05, 4.69) is 98.6 Å². The molecule has 2 nitrogen and oxygen atoms in total. The van der Waals surface area contributed by atoms with Crippen LogP contribution >= 0.6 is 0 Å². The van der Waals surface area contributed by atoms with Crippen molar-refractivity contribution in [3.05, 3.63) is 71.5 Å². The van der Waals surface area contributed by atoms with Crippen molar-refractivity contribution < 1.29 is 4.57 Å². The Balaban J connectivity index is 2.33. The van der Waals surface area contributed by atoms with E-state index < -0.39 is 0 Å². The van der Waals surface area contributed by atoms with E-state index in [4.69, 9.17) is 0 Å². The van der Waals surface area contributed by atoms with Crippen LogP contribution in [0.3, 0.4) is 0 Å². The number of hydrogen-bond donors (Lipinski definition) is 0. The molecule has 2 heteroatoms. The number of rotatable bonds is 3. The van der Waals surface area contributed by atoms with Gasteiger partial charge in [0.05, 0.1) is 0 Å². The Bertz CT molecular complexity index is 841. The van der Waals surface area contributed by atoms with Crippen molar-refractivity contribution in [2.75, 3.05) is 0 Å². The quantitative estimate of drug-likeness (QED) is 0.620. The molecule has 3 rings (SSSR count). The first-order valence-electron chi connectivity index (χ1n) is 8.24. The molecular weight excluding hydrogens is 280 g/mol. The van der Waals surface area contributed by atoms with Gasteiger partial charge in [-0.05, 0) is 49.1 Å². The Morgan fingerprint density at radius 2 is 1.65 bits per heavy atom. The van der Waals surface area contributed by atoms with E-state index in [0.717, 1.165) is 0 Å². The van der Waals surface area contributed by atoms with Crippen LogP contribution in [0.5, 0.6) is 0 Å². The number of benzene rings is 1. The van der Waals surface area contributed by atoms with Crippen molar-refractivity contribution in [2.24, 2.45) is 7.05 Å². The monoisotopic (exact) mass is 305 g/mol. The van der Waals surface area contributed by atoms with E-state index in [1.54, 1.807) is 0 Å². The lowest BCUT2D eigenvalue weighted by atomic mass is 10.0. The third kappa shape index (κ3) is 2.70. The van der Waals surface area contributed by atoms with Gasteiger partial charge in [0, 0.05) is 23.5 Å². The minimum atomic E-state index is 0.491. The van der Waals surface area contributed by atoms with E-state index in [9.17, 15) is 0 Å². The van der Waals surface area contributed by atoms with Gasteiger partial charge in [-0.15, -0.1) is 0 Å². The molecule has 0 saturated carbocycles. The number of aromatic nitrogens is 2. The van der Waals surface area contributed by atoms with Crippen LogP contribution < -0.4 is 4.57 Å². The van der Waals surface area contributed by atoms with Crippen LogP contribution in [0, 0.1) is 13.8 Å². The van der Waals surface area contributed by atoms with E-state index in [1.807, 2.05) is 0 Å². The summed E-state index contributed by atoms with van der Waals surface area (Å²) in [6.45, 7) is 8.90.